The van der Waals surface area contributed by atoms with Crippen LogP contribution in [0, 0.1) is 6.92 Å². The monoisotopic (exact) mass is 150 g/mol. The van der Waals surface area contributed by atoms with Crippen LogP contribution in [0.5, 0.6) is 0 Å². The van der Waals surface area contributed by atoms with Crippen LogP contribution in [-0.4, -0.2) is 0 Å². The van der Waals surface area contributed by atoms with Crippen molar-refractivity contribution in [3.05, 3.63) is 23.3 Å². The predicted molar refractivity (Wildman–Crippen MR) is 49.4 cm³/mol. The minimum atomic E-state index is 0.801. The third-order valence-electron chi connectivity index (χ3n) is 1.96. The molecule has 11 heavy (non-hydrogen) atoms. The lowest BCUT2D eigenvalue weighted by atomic mass is 10.0. The van der Waals surface area contributed by atoms with Gasteiger partial charge in [-0.15, -0.1) is 0 Å². The predicted octanol–water partition coefficient (Wildman–Crippen LogP) is 1.72. The van der Waals surface area contributed by atoms with Crippen LogP contribution in [0.25, 0.3) is 0 Å². The molecule has 0 aliphatic rings. The van der Waals surface area contributed by atoms with Crippen LogP contribution < -0.4 is 11.5 Å². The van der Waals surface area contributed by atoms with Crippen LogP contribution in [0.4, 0.5) is 11.4 Å². The average Bonchev–Trinajstić information content (AvgIpc) is 1.99. The van der Waals surface area contributed by atoms with Gasteiger partial charge in [0, 0.05) is 11.4 Å². The Morgan fingerprint density at radius 3 is 2.36 bits per heavy atom. The fourth-order valence-electron chi connectivity index (χ4n) is 1.19. The topological polar surface area (TPSA) is 52.0 Å². The van der Waals surface area contributed by atoms with E-state index in [0.717, 1.165) is 28.9 Å². The Morgan fingerprint density at radius 1 is 1.27 bits per heavy atom. The van der Waals surface area contributed by atoms with Crippen LogP contribution in [0.15, 0.2) is 12.1 Å². The molecule has 1 aromatic carbocycles. The Bertz CT molecular complexity index is 267. The van der Waals surface area contributed by atoms with E-state index in [2.05, 4.69) is 6.92 Å². The normalized spacial score (nSPS) is 10.0. The summed E-state index contributed by atoms with van der Waals surface area (Å²) in [6.07, 6.45) is 0.902. The Hall–Kier alpha value is -1.18. The second kappa shape index (κ2) is 2.82. The largest absolute Gasteiger partial charge is 0.398 e. The maximum absolute atomic E-state index is 5.81. The maximum atomic E-state index is 5.81. The second-order valence-electron chi connectivity index (χ2n) is 2.72. The minimum Gasteiger partial charge on any atom is -0.398 e. The summed E-state index contributed by atoms with van der Waals surface area (Å²) in [6, 6.07) is 3.86. The summed E-state index contributed by atoms with van der Waals surface area (Å²) in [7, 11) is 0. The van der Waals surface area contributed by atoms with Crippen LogP contribution in [0.1, 0.15) is 18.1 Å². The summed E-state index contributed by atoms with van der Waals surface area (Å²) in [4.78, 5) is 0. The lowest BCUT2D eigenvalue weighted by molar-refractivity contribution is 1.14. The molecule has 0 heterocycles. The van der Waals surface area contributed by atoms with E-state index in [-0.39, 0.29) is 0 Å². The lowest BCUT2D eigenvalue weighted by Gasteiger charge is -2.08. The van der Waals surface area contributed by atoms with Gasteiger partial charge in [-0.1, -0.05) is 13.0 Å². The molecule has 0 amide bonds. The van der Waals surface area contributed by atoms with E-state index in [1.54, 1.807) is 0 Å². The summed E-state index contributed by atoms with van der Waals surface area (Å²) in [6.45, 7) is 4.05. The van der Waals surface area contributed by atoms with Gasteiger partial charge in [0.1, 0.15) is 0 Å². The Morgan fingerprint density at radius 2 is 1.91 bits per heavy atom. The van der Waals surface area contributed by atoms with Crippen LogP contribution in [0.2, 0.25) is 0 Å². The molecule has 0 aliphatic heterocycles. The molecule has 1 aromatic rings. The standard InChI is InChI=1S/C9H14N2/c1-3-7-8(10)5-4-6(2)9(7)11/h4-5H,3,10-11H2,1-2H3. The molecule has 0 unspecified atom stereocenters. The number of anilines is 2. The average molecular weight is 150 g/mol. The summed E-state index contributed by atoms with van der Waals surface area (Å²) < 4.78 is 0. The molecule has 4 N–H and O–H groups in total. The van der Waals surface area contributed by atoms with E-state index < -0.39 is 0 Å². The van der Waals surface area contributed by atoms with E-state index >= 15 is 0 Å². The van der Waals surface area contributed by atoms with Gasteiger partial charge in [0.15, 0.2) is 0 Å². The molecule has 0 saturated carbocycles. The van der Waals surface area contributed by atoms with E-state index in [1.165, 1.54) is 0 Å². The van der Waals surface area contributed by atoms with Crippen molar-refractivity contribution in [1.29, 1.82) is 0 Å². The number of hydrogen-bond donors (Lipinski definition) is 2. The Labute approximate surface area is 67.2 Å². The van der Waals surface area contributed by atoms with Gasteiger partial charge in [-0.25, -0.2) is 0 Å². The zero-order chi connectivity index (χ0) is 8.43. The number of hydrogen-bond acceptors (Lipinski definition) is 2. The molecule has 0 radical (unpaired) electrons. The Balaban J connectivity index is 3.29. The van der Waals surface area contributed by atoms with E-state index in [9.17, 15) is 0 Å². The van der Waals surface area contributed by atoms with Crippen LogP contribution >= 0.6 is 0 Å². The number of benzene rings is 1. The van der Waals surface area contributed by atoms with Gasteiger partial charge >= 0.3 is 0 Å². The number of aryl methyl sites for hydroxylation is 1. The molecular formula is C9H14N2. The first-order valence-corrected chi connectivity index (χ1v) is 3.80. The van der Waals surface area contributed by atoms with Crippen molar-refractivity contribution in [2.45, 2.75) is 20.3 Å². The summed E-state index contributed by atoms with van der Waals surface area (Å²) >= 11 is 0. The lowest BCUT2D eigenvalue weighted by Crippen LogP contribution is -2.00. The summed E-state index contributed by atoms with van der Waals surface area (Å²) in [5, 5.41) is 0. The van der Waals surface area contributed by atoms with Crippen LogP contribution in [-0.2, 0) is 6.42 Å². The molecule has 2 nitrogen and oxygen atoms in total. The van der Waals surface area contributed by atoms with Crippen molar-refractivity contribution in [1.82, 2.24) is 0 Å². The van der Waals surface area contributed by atoms with Crippen molar-refractivity contribution >= 4 is 11.4 Å². The molecule has 0 aromatic heterocycles. The first-order valence-electron chi connectivity index (χ1n) is 3.80. The van der Waals surface area contributed by atoms with E-state index in [0.29, 0.717) is 0 Å². The second-order valence-corrected chi connectivity index (χ2v) is 2.72. The number of nitrogen functional groups attached to an aromatic ring is 2. The highest BCUT2D eigenvalue weighted by atomic mass is 14.6. The third kappa shape index (κ3) is 1.29. The Kier molecular flexibility index (Phi) is 2.03. The van der Waals surface area contributed by atoms with E-state index in [1.807, 2.05) is 19.1 Å². The zero-order valence-electron chi connectivity index (χ0n) is 7.02. The molecule has 0 bridgehead atoms. The van der Waals surface area contributed by atoms with Crippen molar-refractivity contribution in [3.63, 3.8) is 0 Å². The molecular weight excluding hydrogens is 136 g/mol. The van der Waals surface area contributed by atoms with Crippen molar-refractivity contribution in [2.75, 3.05) is 11.5 Å². The van der Waals surface area contributed by atoms with E-state index in [4.69, 9.17) is 11.5 Å². The van der Waals surface area contributed by atoms with Gasteiger partial charge < -0.3 is 11.5 Å². The number of rotatable bonds is 1. The molecule has 60 valence electrons. The van der Waals surface area contributed by atoms with Gasteiger partial charge in [-0.05, 0) is 30.5 Å². The molecule has 0 atom stereocenters. The number of nitrogens with two attached hydrogens (primary N) is 2. The smallest absolute Gasteiger partial charge is 0.0396 e. The fourth-order valence-corrected chi connectivity index (χ4v) is 1.19. The van der Waals surface area contributed by atoms with Gasteiger partial charge in [-0.2, -0.15) is 0 Å². The molecule has 0 aliphatic carbocycles. The highest BCUT2D eigenvalue weighted by Gasteiger charge is 2.02. The molecule has 0 saturated heterocycles. The SMILES string of the molecule is CCc1c(N)ccc(C)c1N. The van der Waals surface area contributed by atoms with Gasteiger partial charge in [0.25, 0.3) is 0 Å². The third-order valence-corrected chi connectivity index (χ3v) is 1.96. The first-order chi connectivity index (χ1) is 5.16. The zero-order valence-corrected chi connectivity index (χ0v) is 7.02. The summed E-state index contributed by atoms with van der Waals surface area (Å²) in [5.74, 6) is 0. The maximum Gasteiger partial charge on any atom is 0.0396 e. The summed E-state index contributed by atoms with van der Waals surface area (Å²) in [5.41, 5.74) is 15.4. The highest BCUT2D eigenvalue weighted by molar-refractivity contribution is 5.64. The minimum absolute atomic E-state index is 0.801. The molecule has 1 rings (SSSR count). The molecule has 0 fully saturated rings. The van der Waals surface area contributed by atoms with Gasteiger partial charge in [0.05, 0.1) is 0 Å². The fraction of sp³-hybridized carbons (Fsp3) is 0.333. The quantitative estimate of drug-likeness (QED) is 0.599. The van der Waals surface area contributed by atoms with Crippen molar-refractivity contribution in [3.8, 4) is 0 Å². The molecule has 0 spiro atoms. The highest BCUT2D eigenvalue weighted by Crippen LogP contribution is 2.23. The molecule has 2 heteroatoms. The van der Waals surface area contributed by atoms with Gasteiger partial charge in [-0.3, -0.25) is 0 Å². The van der Waals surface area contributed by atoms with Gasteiger partial charge in [0.2, 0.25) is 0 Å². The van der Waals surface area contributed by atoms with Crippen molar-refractivity contribution < 1.29 is 0 Å². The first kappa shape index (κ1) is 7.92. The van der Waals surface area contributed by atoms with Crippen LogP contribution in [0.3, 0.4) is 0 Å². The van der Waals surface area contributed by atoms with Crippen molar-refractivity contribution in [2.24, 2.45) is 0 Å².